The molecule has 4 nitrogen and oxygen atoms in total. The molecule has 0 spiro atoms. The second kappa shape index (κ2) is 10.3. The van der Waals surface area contributed by atoms with Crippen molar-refractivity contribution in [3.8, 4) is 0 Å². The monoisotopic (exact) mass is 350 g/mol. The zero-order valence-electron chi connectivity index (χ0n) is 11.6. The van der Waals surface area contributed by atoms with Gasteiger partial charge in [0.2, 0.25) is 5.91 Å². The van der Waals surface area contributed by atoms with Gasteiger partial charge in [0.25, 0.3) is 0 Å². The van der Waals surface area contributed by atoms with Crippen LogP contribution in [0.4, 0.5) is 0 Å². The number of rotatable bonds is 6. The highest BCUT2D eigenvalue weighted by atomic mass is 35.5. The van der Waals surface area contributed by atoms with Crippen LogP contribution in [0.3, 0.4) is 0 Å². The molecule has 1 aliphatic heterocycles. The van der Waals surface area contributed by atoms with Gasteiger partial charge in [-0.1, -0.05) is 23.7 Å². The van der Waals surface area contributed by atoms with Gasteiger partial charge in [0, 0.05) is 36.2 Å². The molecular weight excluding hydrogens is 331 g/mol. The summed E-state index contributed by atoms with van der Waals surface area (Å²) in [5.41, 5.74) is 1.20. The van der Waals surface area contributed by atoms with E-state index in [0.717, 1.165) is 23.1 Å². The van der Waals surface area contributed by atoms with Crippen LogP contribution in [0.1, 0.15) is 5.56 Å². The molecular formula is C14H20Cl2N2O2S. The van der Waals surface area contributed by atoms with Crippen molar-refractivity contribution in [2.24, 2.45) is 0 Å². The van der Waals surface area contributed by atoms with Crippen molar-refractivity contribution < 1.29 is 9.53 Å². The molecule has 0 aromatic heterocycles. The van der Waals surface area contributed by atoms with Crippen LogP contribution in [0.2, 0.25) is 5.02 Å². The van der Waals surface area contributed by atoms with Crippen molar-refractivity contribution >= 4 is 41.7 Å². The maximum atomic E-state index is 11.8. The molecule has 1 amide bonds. The Bertz CT molecular complexity index is 443. The van der Waals surface area contributed by atoms with Gasteiger partial charge in [0.1, 0.15) is 6.10 Å². The molecule has 7 heteroatoms. The first-order valence-corrected chi connectivity index (χ1v) is 8.21. The minimum Gasteiger partial charge on any atom is -0.366 e. The quantitative estimate of drug-likeness (QED) is 0.771. The largest absolute Gasteiger partial charge is 0.366 e. The molecule has 21 heavy (non-hydrogen) atoms. The third-order valence-corrected chi connectivity index (χ3v) is 4.19. The number of nitrogens with one attached hydrogen (secondary N) is 2. The molecule has 1 aromatic rings. The number of hydrogen-bond donors (Lipinski definition) is 2. The second-order valence-electron chi connectivity index (χ2n) is 4.54. The molecule has 2 rings (SSSR count). The van der Waals surface area contributed by atoms with E-state index in [1.807, 2.05) is 18.2 Å². The van der Waals surface area contributed by atoms with E-state index < -0.39 is 0 Å². The molecule has 0 saturated carbocycles. The molecule has 1 fully saturated rings. The van der Waals surface area contributed by atoms with Crippen LogP contribution in [0.5, 0.6) is 0 Å². The van der Waals surface area contributed by atoms with Crippen molar-refractivity contribution in [3.05, 3.63) is 34.9 Å². The SMILES string of the molecule is Cl.O=C(NCCSCc1cccc(Cl)c1)C1CNCCO1. The molecule has 2 N–H and O–H groups in total. The fraction of sp³-hybridized carbons (Fsp3) is 0.500. The molecule has 1 aliphatic rings. The van der Waals surface area contributed by atoms with Crippen LogP contribution < -0.4 is 10.6 Å². The molecule has 118 valence electrons. The van der Waals surface area contributed by atoms with Crippen molar-refractivity contribution in [2.75, 3.05) is 32.0 Å². The van der Waals surface area contributed by atoms with E-state index in [9.17, 15) is 4.79 Å². The van der Waals surface area contributed by atoms with Crippen LogP contribution in [0, 0.1) is 0 Å². The van der Waals surface area contributed by atoms with Crippen molar-refractivity contribution in [1.29, 1.82) is 0 Å². The fourth-order valence-corrected chi connectivity index (χ4v) is 2.93. The van der Waals surface area contributed by atoms with Crippen molar-refractivity contribution in [3.63, 3.8) is 0 Å². The smallest absolute Gasteiger partial charge is 0.250 e. The maximum Gasteiger partial charge on any atom is 0.250 e. The molecule has 0 bridgehead atoms. The molecule has 1 heterocycles. The van der Waals surface area contributed by atoms with E-state index in [1.54, 1.807) is 11.8 Å². The maximum absolute atomic E-state index is 11.8. The predicted molar refractivity (Wildman–Crippen MR) is 90.5 cm³/mol. The summed E-state index contributed by atoms with van der Waals surface area (Å²) in [5.74, 6) is 1.75. The number of benzene rings is 1. The Hall–Kier alpha value is -0.460. The highest BCUT2D eigenvalue weighted by Crippen LogP contribution is 2.16. The lowest BCUT2D eigenvalue weighted by Gasteiger charge is -2.22. The molecule has 0 aliphatic carbocycles. The normalized spacial score (nSPS) is 17.9. The van der Waals surface area contributed by atoms with E-state index >= 15 is 0 Å². The van der Waals surface area contributed by atoms with E-state index in [2.05, 4.69) is 16.7 Å². The molecule has 1 atom stereocenters. The lowest BCUT2D eigenvalue weighted by Crippen LogP contribution is -2.48. The van der Waals surface area contributed by atoms with Crippen molar-refractivity contribution in [1.82, 2.24) is 10.6 Å². The summed E-state index contributed by atoms with van der Waals surface area (Å²) in [6, 6.07) is 7.84. The number of carbonyl (C=O) groups excluding carboxylic acids is 1. The summed E-state index contributed by atoms with van der Waals surface area (Å²) in [6.07, 6.45) is -0.346. The lowest BCUT2D eigenvalue weighted by molar-refractivity contribution is -0.134. The van der Waals surface area contributed by atoms with Crippen molar-refractivity contribution in [2.45, 2.75) is 11.9 Å². The van der Waals surface area contributed by atoms with Gasteiger partial charge in [-0.2, -0.15) is 11.8 Å². The zero-order chi connectivity index (χ0) is 14.2. The fourth-order valence-electron chi connectivity index (χ4n) is 1.91. The minimum absolute atomic E-state index is 0. The van der Waals surface area contributed by atoms with Crippen LogP contribution >= 0.6 is 35.8 Å². The molecule has 1 saturated heterocycles. The van der Waals surface area contributed by atoms with E-state index in [4.69, 9.17) is 16.3 Å². The average Bonchev–Trinajstić information content (AvgIpc) is 2.48. The Balaban J connectivity index is 0.00000220. The minimum atomic E-state index is -0.346. The summed E-state index contributed by atoms with van der Waals surface area (Å²) in [6.45, 7) is 2.67. The van der Waals surface area contributed by atoms with Gasteiger partial charge >= 0.3 is 0 Å². The van der Waals surface area contributed by atoms with Crippen LogP contribution in [0.15, 0.2) is 24.3 Å². The first-order chi connectivity index (χ1) is 9.75. The lowest BCUT2D eigenvalue weighted by atomic mass is 10.2. The number of hydrogen-bond acceptors (Lipinski definition) is 4. The van der Waals surface area contributed by atoms with Crippen LogP contribution in [-0.2, 0) is 15.3 Å². The Labute approximate surface area is 140 Å². The summed E-state index contributed by atoms with van der Waals surface area (Å²) in [4.78, 5) is 11.8. The van der Waals surface area contributed by atoms with E-state index in [1.165, 1.54) is 5.56 Å². The third kappa shape index (κ3) is 6.89. The second-order valence-corrected chi connectivity index (χ2v) is 6.08. The highest BCUT2D eigenvalue weighted by Gasteiger charge is 2.20. The first-order valence-electron chi connectivity index (χ1n) is 6.68. The van der Waals surface area contributed by atoms with E-state index in [0.29, 0.717) is 19.7 Å². The van der Waals surface area contributed by atoms with Gasteiger partial charge in [0.15, 0.2) is 0 Å². The summed E-state index contributed by atoms with van der Waals surface area (Å²) in [7, 11) is 0. The number of amides is 1. The van der Waals surface area contributed by atoms with Crippen LogP contribution in [-0.4, -0.2) is 44.0 Å². The predicted octanol–water partition coefficient (Wildman–Crippen LogP) is 2.10. The average molecular weight is 351 g/mol. The summed E-state index contributed by atoms with van der Waals surface area (Å²) < 4.78 is 5.38. The van der Waals surface area contributed by atoms with E-state index in [-0.39, 0.29) is 24.4 Å². The standard InChI is InChI=1S/C14H19ClN2O2S.ClH/c15-12-3-1-2-11(8-12)10-20-7-5-17-14(18)13-9-16-4-6-19-13;/h1-3,8,13,16H,4-7,9-10H2,(H,17,18);1H. The Morgan fingerprint density at radius 3 is 3.10 bits per heavy atom. The van der Waals surface area contributed by atoms with Gasteiger partial charge in [-0.25, -0.2) is 0 Å². The Morgan fingerprint density at radius 1 is 1.52 bits per heavy atom. The molecule has 0 radical (unpaired) electrons. The van der Waals surface area contributed by atoms with Gasteiger partial charge in [0.05, 0.1) is 6.61 Å². The zero-order valence-corrected chi connectivity index (χ0v) is 14.0. The number of carbonyl (C=O) groups is 1. The van der Waals surface area contributed by atoms with Gasteiger partial charge in [-0.15, -0.1) is 12.4 Å². The Kier molecular flexibility index (Phi) is 9.11. The Morgan fingerprint density at radius 2 is 2.38 bits per heavy atom. The number of ether oxygens (including phenoxy) is 1. The summed E-state index contributed by atoms with van der Waals surface area (Å²) in [5, 5.41) is 6.80. The highest BCUT2D eigenvalue weighted by molar-refractivity contribution is 7.98. The van der Waals surface area contributed by atoms with Gasteiger partial charge in [-0.05, 0) is 17.7 Å². The summed E-state index contributed by atoms with van der Waals surface area (Å²) >= 11 is 7.70. The number of halogens is 2. The molecule has 1 aromatic carbocycles. The van der Waals surface area contributed by atoms with Crippen LogP contribution in [0.25, 0.3) is 0 Å². The number of thioether (sulfide) groups is 1. The number of morpholine rings is 1. The topological polar surface area (TPSA) is 50.4 Å². The van der Waals surface area contributed by atoms with Gasteiger partial charge in [-0.3, -0.25) is 4.79 Å². The third-order valence-electron chi connectivity index (χ3n) is 2.92. The molecule has 1 unspecified atom stereocenters. The first kappa shape index (κ1) is 18.6. The van der Waals surface area contributed by atoms with Gasteiger partial charge < -0.3 is 15.4 Å².